The Morgan fingerprint density at radius 3 is 2.00 bits per heavy atom. The molecule has 1 N–H and O–H groups in total. The summed E-state index contributed by atoms with van der Waals surface area (Å²) in [4.78, 5) is 37.8. The fraction of sp³-hybridized carbons (Fsp3) is 0.444. The minimum Gasteiger partial charge on any atom is -0.480 e. The molecule has 0 radical (unpaired) electrons. The molecular formula is C27H33IO6. The Morgan fingerprint density at radius 1 is 0.912 bits per heavy atom. The number of halogens is 1. The molecule has 0 saturated heterocycles. The van der Waals surface area contributed by atoms with E-state index in [0.29, 0.717) is 6.42 Å². The zero-order valence-electron chi connectivity index (χ0n) is 20.2. The molecule has 0 amide bonds. The van der Waals surface area contributed by atoms with Crippen molar-refractivity contribution in [2.75, 3.05) is 17.6 Å². The van der Waals surface area contributed by atoms with Gasteiger partial charge in [0.15, 0.2) is 0 Å². The van der Waals surface area contributed by atoms with Gasteiger partial charge < -0.3 is 14.6 Å². The monoisotopic (exact) mass is 580 g/mol. The van der Waals surface area contributed by atoms with Crippen molar-refractivity contribution >= 4 is 40.5 Å². The summed E-state index contributed by atoms with van der Waals surface area (Å²) in [6, 6.07) is 16.2. The lowest BCUT2D eigenvalue weighted by atomic mass is 9.79. The highest BCUT2D eigenvalue weighted by Gasteiger charge is 2.56. The van der Waals surface area contributed by atoms with Crippen molar-refractivity contribution in [1.29, 1.82) is 0 Å². The van der Waals surface area contributed by atoms with Crippen molar-refractivity contribution in [3.05, 3.63) is 70.8 Å². The number of rotatable bonds is 12. The molecular weight excluding hydrogens is 547 g/mol. The number of hydrogen-bond acceptors (Lipinski definition) is 5. The largest absolute Gasteiger partial charge is 0.480 e. The quantitative estimate of drug-likeness (QED) is 0.162. The van der Waals surface area contributed by atoms with Crippen LogP contribution in [0.5, 0.6) is 0 Å². The maximum Gasteiger partial charge on any atom is 0.335 e. The van der Waals surface area contributed by atoms with Crippen LogP contribution in [-0.4, -0.2) is 40.7 Å². The maximum atomic E-state index is 12.7. The van der Waals surface area contributed by atoms with E-state index in [4.69, 9.17) is 9.47 Å². The topological polar surface area (TPSA) is 89.9 Å². The number of carboxylic acid groups (broad SMARTS) is 1. The smallest absolute Gasteiger partial charge is 0.335 e. The standard InChI is InChI=1S/C27H33IO6/c1-5-33-24(31)27(23(29)30,25(32)34-6-2)15-14-20-12-13-22(26(3,4)18-28)17-21(20)16-19-10-8-7-9-11-19/h7-13,17H,5-6,14-16,18H2,1-4H3,(H,29,30). The first-order valence-corrected chi connectivity index (χ1v) is 12.9. The van der Waals surface area contributed by atoms with E-state index >= 15 is 0 Å². The fourth-order valence-corrected chi connectivity index (χ4v) is 4.19. The third-order valence-electron chi connectivity index (χ3n) is 5.94. The average Bonchev–Trinajstić information content (AvgIpc) is 2.81. The molecule has 0 aliphatic carbocycles. The molecule has 2 aromatic rings. The highest BCUT2D eigenvalue weighted by Crippen LogP contribution is 2.33. The molecule has 0 saturated carbocycles. The molecule has 7 heteroatoms. The number of carbonyl (C=O) groups is 3. The van der Waals surface area contributed by atoms with E-state index in [1.165, 1.54) is 5.56 Å². The number of carbonyl (C=O) groups excluding carboxylic acids is 2. The van der Waals surface area contributed by atoms with E-state index in [1.807, 2.05) is 42.5 Å². The Balaban J connectivity index is 2.50. The second-order valence-electron chi connectivity index (χ2n) is 8.81. The van der Waals surface area contributed by atoms with Crippen LogP contribution in [0.1, 0.15) is 56.4 Å². The summed E-state index contributed by atoms with van der Waals surface area (Å²) in [5, 5.41) is 9.98. The summed E-state index contributed by atoms with van der Waals surface area (Å²) in [7, 11) is 0. The molecule has 0 unspecified atom stereocenters. The van der Waals surface area contributed by atoms with Crippen molar-refractivity contribution in [1.82, 2.24) is 0 Å². The highest BCUT2D eigenvalue weighted by atomic mass is 127. The molecule has 0 atom stereocenters. The average molecular weight is 580 g/mol. The number of hydrogen-bond donors (Lipinski definition) is 1. The summed E-state index contributed by atoms with van der Waals surface area (Å²) in [5.41, 5.74) is 1.77. The Bertz CT molecular complexity index is 981. The number of ether oxygens (including phenoxy) is 2. The summed E-state index contributed by atoms with van der Waals surface area (Å²) in [5.74, 6) is -3.74. The van der Waals surface area contributed by atoms with Gasteiger partial charge in [-0.15, -0.1) is 0 Å². The highest BCUT2D eigenvalue weighted by molar-refractivity contribution is 14.1. The number of esters is 2. The van der Waals surface area contributed by atoms with Crippen LogP contribution in [0.15, 0.2) is 48.5 Å². The van der Waals surface area contributed by atoms with Crippen molar-refractivity contribution < 1.29 is 29.0 Å². The number of alkyl halides is 1. The minimum atomic E-state index is -2.41. The van der Waals surface area contributed by atoms with Crippen LogP contribution in [0.2, 0.25) is 0 Å². The number of carboxylic acids is 1. The molecule has 0 bridgehead atoms. The van der Waals surface area contributed by atoms with Gasteiger partial charge in [0.2, 0.25) is 0 Å². The van der Waals surface area contributed by atoms with Crippen LogP contribution in [0.4, 0.5) is 0 Å². The van der Waals surface area contributed by atoms with Crippen molar-refractivity contribution in [3.63, 3.8) is 0 Å². The molecule has 0 heterocycles. The Hall–Kier alpha value is -2.42. The van der Waals surface area contributed by atoms with Gasteiger partial charge >= 0.3 is 17.9 Å². The lowest BCUT2D eigenvalue weighted by Crippen LogP contribution is -2.49. The molecule has 6 nitrogen and oxygen atoms in total. The predicted octanol–water partition coefficient (Wildman–Crippen LogP) is 5.12. The van der Waals surface area contributed by atoms with Gasteiger partial charge in [0, 0.05) is 4.43 Å². The molecule has 2 aromatic carbocycles. The second kappa shape index (κ2) is 12.3. The van der Waals surface area contributed by atoms with Crippen LogP contribution < -0.4 is 0 Å². The zero-order valence-corrected chi connectivity index (χ0v) is 22.4. The van der Waals surface area contributed by atoms with Crippen molar-refractivity contribution in [3.8, 4) is 0 Å². The first-order chi connectivity index (χ1) is 16.1. The third-order valence-corrected chi connectivity index (χ3v) is 7.85. The third kappa shape index (κ3) is 6.37. The summed E-state index contributed by atoms with van der Waals surface area (Å²) >= 11 is 2.37. The van der Waals surface area contributed by atoms with E-state index < -0.39 is 23.3 Å². The van der Waals surface area contributed by atoms with E-state index in [9.17, 15) is 19.5 Å². The first kappa shape index (κ1) is 27.8. The number of aliphatic carboxylic acids is 1. The Kier molecular flexibility index (Phi) is 10.1. The van der Waals surface area contributed by atoms with Gasteiger partial charge in [-0.1, -0.05) is 85.0 Å². The van der Waals surface area contributed by atoms with Crippen LogP contribution >= 0.6 is 22.6 Å². The van der Waals surface area contributed by atoms with Gasteiger partial charge in [0.1, 0.15) is 0 Å². The lowest BCUT2D eigenvalue weighted by molar-refractivity contribution is -0.181. The first-order valence-electron chi connectivity index (χ1n) is 11.4. The van der Waals surface area contributed by atoms with E-state index in [1.54, 1.807) is 13.8 Å². The molecule has 0 aliphatic heterocycles. The molecule has 0 aliphatic rings. The Labute approximate surface area is 215 Å². The lowest BCUT2D eigenvalue weighted by Gasteiger charge is -2.27. The summed E-state index contributed by atoms with van der Waals surface area (Å²) in [6.45, 7) is 7.43. The Morgan fingerprint density at radius 2 is 1.50 bits per heavy atom. The van der Waals surface area contributed by atoms with Crippen LogP contribution in [0, 0.1) is 5.41 Å². The van der Waals surface area contributed by atoms with Crippen LogP contribution in [0.3, 0.4) is 0 Å². The molecule has 0 spiro atoms. The predicted molar refractivity (Wildman–Crippen MR) is 139 cm³/mol. The number of aryl methyl sites for hydroxylation is 1. The van der Waals surface area contributed by atoms with Gasteiger partial charge in [-0.2, -0.15) is 0 Å². The molecule has 2 rings (SSSR count). The second-order valence-corrected chi connectivity index (χ2v) is 9.58. The SMILES string of the molecule is CCOC(=O)C(CCc1ccc(C(C)(C)CI)cc1Cc1ccccc1)(C(=O)O)C(=O)OCC. The molecule has 0 fully saturated rings. The van der Waals surface area contributed by atoms with Gasteiger partial charge in [0.25, 0.3) is 5.41 Å². The normalized spacial score (nSPS) is 11.7. The molecule has 184 valence electrons. The number of benzene rings is 2. The van der Waals surface area contributed by atoms with Crippen LogP contribution in [-0.2, 0) is 42.1 Å². The van der Waals surface area contributed by atoms with Gasteiger partial charge in [0.05, 0.1) is 13.2 Å². The van der Waals surface area contributed by atoms with Crippen molar-refractivity contribution in [2.24, 2.45) is 5.41 Å². The maximum absolute atomic E-state index is 12.7. The van der Waals surface area contributed by atoms with E-state index in [-0.39, 0.29) is 31.5 Å². The van der Waals surface area contributed by atoms with Crippen LogP contribution in [0.25, 0.3) is 0 Å². The van der Waals surface area contributed by atoms with Gasteiger partial charge in [-0.3, -0.25) is 14.4 Å². The molecule has 0 aromatic heterocycles. The summed E-state index contributed by atoms with van der Waals surface area (Å²) < 4.78 is 10.9. The van der Waals surface area contributed by atoms with Crippen molar-refractivity contribution in [2.45, 2.75) is 52.4 Å². The van der Waals surface area contributed by atoms with Gasteiger partial charge in [-0.05, 0) is 60.8 Å². The fourth-order valence-electron chi connectivity index (χ4n) is 3.75. The van der Waals surface area contributed by atoms with E-state index in [2.05, 4.69) is 42.5 Å². The summed E-state index contributed by atoms with van der Waals surface area (Å²) in [6.07, 6.45) is 0.605. The van der Waals surface area contributed by atoms with E-state index in [0.717, 1.165) is 21.1 Å². The van der Waals surface area contributed by atoms with Gasteiger partial charge in [-0.25, -0.2) is 0 Å². The molecule has 34 heavy (non-hydrogen) atoms. The minimum absolute atomic E-state index is 0.0351. The zero-order chi connectivity index (χ0) is 25.4.